The van der Waals surface area contributed by atoms with Gasteiger partial charge < -0.3 is 16.0 Å². The molecule has 0 spiro atoms. The lowest BCUT2D eigenvalue weighted by Gasteiger charge is -2.32. The van der Waals surface area contributed by atoms with Crippen LogP contribution in [0.4, 0.5) is 5.69 Å². The molecular formula is C21H36IN5. The molecule has 3 rings (SSSR count). The molecule has 2 heterocycles. The van der Waals surface area contributed by atoms with E-state index in [1.54, 1.807) is 0 Å². The van der Waals surface area contributed by atoms with Gasteiger partial charge in [-0.1, -0.05) is 26.0 Å². The fraction of sp³-hybridized carbons (Fsp3) is 0.667. The van der Waals surface area contributed by atoms with Crippen LogP contribution >= 0.6 is 24.0 Å². The molecule has 1 aromatic rings. The molecule has 3 N–H and O–H groups in total. The number of piperidine rings is 1. The Morgan fingerprint density at radius 3 is 2.52 bits per heavy atom. The summed E-state index contributed by atoms with van der Waals surface area (Å²) in [7, 11) is 0. The van der Waals surface area contributed by atoms with E-state index in [0.29, 0.717) is 18.5 Å². The van der Waals surface area contributed by atoms with E-state index in [1.807, 2.05) is 0 Å². The van der Waals surface area contributed by atoms with E-state index in [4.69, 9.17) is 5.73 Å². The topological polar surface area (TPSA) is 56.9 Å². The number of guanidine groups is 1. The lowest BCUT2D eigenvalue weighted by atomic mass is 9.99. The van der Waals surface area contributed by atoms with Crippen molar-refractivity contribution >= 4 is 35.6 Å². The highest BCUT2D eigenvalue weighted by Crippen LogP contribution is 2.23. The summed E-state index contributed by atoms with van der Waals surface area (Å²) in [6.45, 7) is 10.8. The van der Waals surface area contributed by atoms with Gasteiger partial charge in [0, 0.05) is 31.4 Å². The molecule has 0 aromatic heterocycles. The first-order chi connectivity index (χ1) is 12.7. The molecule has 152 valence electrons. The Kier molecular flexibility index (Phi) is 9.15. The van der Waals surface area contributed by atoms with Crippen LogP contribution in [0.1, 0.15) is 45.1 Å². The number of nitrogens with one attached hydrogen (secondary N) is 1. The Labute approximate surface area is 181 Å². The zero-order chi connectivity index (χ0) is 18.4. The number of nitrogens with zero attached hydrogens (tertiary/aromatic N) is 3. The maximum Gasteiger partial charge on any atom is 0.188 e. The number of aliphatic imine (C=N–C) groups is 1. The summed E-state index contributed by atoms with van der Waals surface area (Å²) < 4.78 is 0. The van der Waals surface area contributed by atoms with Crippen molar-refractivity contribution in [2.45, 2.75) is 52.1 Å². The summed E-state index contributed by atoms with van der Waals surface area (Å²) in [4.78, 5) is 9.51. The number of hydrogen-bond donors (Lipinski definition) is 2. The van der Waals surface area contributed by atoms with E-state index in [2.05, 4.69) is 58.2 Å². The van der Waals surface area contributed by atoms with Crippen LogP contribution in [-0.2, 0) is 6.54 Å². The summed E-state index contributed by atoms with van der Waals surface area (Å²) in [5.41, 5.74) is 8.60. The Morgan fingerprint density at radius 1 is 1.15 bits per heavy atom. The van der Waals surface area contributed by atoms with Crippen LogP contribution in [0.3, 0.4) is 0 Å². The van der Waals surface area contributed by atoms with Gasteiger partial charge in [-0.3, -0.25) is 4.90 Å². The van der Waals surface area contributed by atoms with E-state index < -0.39 is 0 Å². The molecule has 27 heavy (non-hydrogen) atoms. The van der Waals surface area contributed by atoms with Crippen molar-refractivity contribution in [1.82, 2.24) is 10.2 Å². The summed E-state index contributed by atoms with van der Waals surface area (Å²) in [5.74, 6) is 1.42. The zero-order valence-electron chi connectivity index (χ0n) is 16.9. The van der Waals surface area contributed by atoms with Crippen LogP contribution in [0, 0.1) is 5.92 Å². The van der Waals surface area contributed by atoms with Crippen molar-refractivity contribution in [2.75, 3.05) is 37.6 Å². The van der Waals surface area contributed by atoms with E-state index in [1.165, 1.54) is 56.6 Å². The minimum atomic E-state index is 0. The summed E-state index contributed by atoms with van der Waals surface area (Å²) >= 11 is 0. The molecule has 1 unspecified atom stereocenters. The van der Waals surface area contributed by atoms with Gasteiger partial charge in [-0.05, 0) is 62.4 Å². The van der Waals surface area contributed by atoms with Gasteiger partial charge in [-0.25, -0.2) is 4.99 Å². The van der Waals surface area contributed by atoms with Crippen molar-refractivity contribution in [1.29, 1.82) is 0 Å². The Morgan fingerprint density at radius 2 is 1.85 bits per heavy atom. The van der Waals surface area contributed by atoms with Crippen LogP contribution in [0.15, 0.2) is 29.3 Å². The molecule has 0 bridgehead atoms. The molecule has 0 amide bonds. The fourth-order valence-corrected chi connectivity index (χ4v) is 4.08. The van der Waals surface area contributed by atoms with Crippen LogP contribution in [0.25, 0.3) is 0 Å². The molecule has 2 saturated heterocycles. The smallest absolute Gasteiger partial charge is 0.188 e. The molecule has 0 radical (unpaired) electrons. The Hall–Kier alpha value is -1.02. The molecular weight excluding hydrogens is 449 g/mol. The molecule has 1 atom stereocenters. The van der Waals surface area contributed by atoms with E-state index >= 15 is 0 Å². The van der Waals surface area contributed by atoms with Gasteiger partial charge in [0.25, 0.3) is 0 Å². The van der Waals surface area contributed by atoms with Crippen LogP contribution in [-0.4, -0.2) is 49.6 Å². The number of anilines is 1. The quantitative estimate of drug-likeness (QED) is 0.369. The lowest BCUT2D eigenvalue weighted by Crippen LogP contribution is -2.42. The molecule has 0 aliphatic carbocycles. The predicted octanol–water partition coefficient (Wildman–Crippen LogP) is 3.43. The molecule has 1 aromatic carbocycles. The highest BCUT2D eigenvalue weighted by Gasteiger charge is 2.22. The van der Waals surface area contributed by atoms with Crippen molar-refractivity contribution in [3.05, 3.63) is 29.8 Å². The maximum atomic E-state index is 6.06. The monoisotopic (exact) mass is 485 g/mol. The minimum absolute atomic E-state index is 0. The number of likely N-dealkylation sites (N-methyl/N-ethyl adjacent to an activating group) is 1. The third-order valence-corrected chi connectivity index (χ3v) is 5.94. The van der Waals surface area contributed by atoms with Gasteiger partial charge in [-0.15, -0.1) is 24.0 Å². The van der Waals surface area contributed by atoms with Crippen LogP contribution < -0.4 is 16.0 Å². The van der Waals surface area contributed by atoms with Crippen molar-refractivity contribution in [2.24, 2.45) is 16.6 Å². The maximum absolute atomic E-state index is 6.06. The van der Waals surface area contributed by atoms with E-state index in [9.17, 15) is 0 Å². The molecule has 2 fully saturated rings. The van der Waals surface area contributed by atoms with Gasteiger partial charge in [0.2, 0.25) is 0 Å². The standard InChI is InChI=1S/C21H35N5.HI/c1-3-25-12-4-5-20(25)16-24-21(22)23-15-18-6-8-19(9-7-18)26-13-10-17(2)11-14-26;/h6-9,17,20H,3-5,10-16H2,1-2H3,(H3,22,23,24);1H. The Balaban J connectivity index is 0.00000261. The molecule has 0 saturated carbocycles. The van der Waals surface area contributed by atoms with Gasteiger partial charge in [0.15, 0.2) is 5.96 Å². The fourth-order valence-electron chi connectivity index (χ4n) is 4.08. The third-order valence-electron chi connectivity index (χ3n) is 5.94. The minimum Gasteiger partial charge on any atom is -0.372 e. The summed E-state index contributed by atoms with van der Waals surface area (Å²) in [6.07, 6.45) is 5.14. The van der Waals surface area contributed by atoms with Crippen molar-refractivity contribution in [3.8, 4) is 0 Å². The lowest BCUT2D eigenvalue weighted by molar-refractivity contribution is 0.267. The number of benzene rings is 1. The molecule has 5 nitrogen and oxygen atoms in total. The number of nitrogens with two attached hydrogens (primary N) is 1. The van der Waals surface area contributed by atoms with Gasteiger partial charge in [0.05, 0.1) is 6.54 Å². The van der Waals surface area contributed by atoms with E-state index in [-0.39, 0.29) is 24.0 Å². The second-order valence-electron chi connectivity index (χ2n) is 7.84. The number of likely N-dealkylation sites (tertiary alicyclic amines) is 1. The highest BCUT2D eigenvalue weighted by atomic mass is 127. The average Bonchev–Trinajstić information content (AvgIpc) is 3.13. The third kappa shape index (κ3) is 6.52. The number of halogens is 1. The largest absolute Gasteiger partial charge is 0.372 e. The first kappa shape index (κ1) is 22.3. The zero-order valence-corrected chi connectivity index (χ0v) is 19.2. The van der Waals surface area contributed by atoms with Crippen LogP contribution in [0.2, 0.25) is 0 Å². The normalized spacial score (nSPS) is 21.9. The SMILES string of the molecule is CCN1CCCC1CNC(N)=NCc1ccc(N2CCC(C)CC2)cc1.I. The molecule has 2 aliphatic rings. The Bertz CT molecular complexity index is 581. The average molecular weight is 485 g/mol. The van der Waals surface area contributed by atoms with Crippen molar-refractivity contribution in [3.63, 3.8) is 0 Å². The number of rotatable bonds is 6. The predicted molar refractivity (Wildman–Crippen MR) is 126 cm³/mol. The second kappa shape index (κ2) is 11.1. The summed E-state index contributed by atoms with van der Waals surface area (Å²) in [5, 5.41) is 3.30. The molecule has 6 heteroatoms. The first-order valence-corrected chi connectivity index (χ1v) is 10.3. The highest BCUT2D eigenvalue weighted by molar-refractivity contribution is 14.0. The summed E-state index contributed by atoms with van der Waals surface area (Å²) in [6, 6.07) is 9.41. The first-order valence-electron chi connectivity index (χ1n) is 10.3. The van der Waals surface area contributed by atoms with Crippen molar-refractivity contribution < 1.29 is 0 Å². The van der Waals surface area contributed by atoms with Crippen LogP contribution in [0.5, 0.6) is 0 Å². The molecule has 2 aliphatic heterocycles. The van der Waals surface area contributed by atoms with Gasteiger partial charge in [0.1, 0.15) is 0 Å². The number of hydrogen-bond acceptors (Lipinski definition) is 3. The van der Waals surface area contributed by atoms with E-state index in [0.717, 1.165) is 19.0 Å². The second-order valence-corrected chi connectivity index (χ2v) is 7.84. The van der Waals surface area contributed by atoms with Gasteiger partial charge in [-0.2, -0.15) is 0 Å². The van der Waals surface area contributed by atoms with Gasteiger partial charge >= 0.3 is 0 Å².